The average molecular weight is 473 g/mol. The third-order valence-electron chi connectivity index (χ3n) is 5.57. The van der Waals surface area contributed by atoms with Gasteiger partial charge in [-0.15, -0.1) is 0 Å². The average Bonchev–Trinajstić information content (AvgIpc) is 3.32. The zero-order chi connectivity index (χ0) is 22.9. The Bertz CT molecular complexity index is 1250. The van der Waals surface area contributed by atoms with Crippen LogP contribution in [0.1, 0.15) is 5.56 Å². The number of aliphatic imine (C=N–C) groups is 1. The highest BCUT2D eigenvalue weighted by atomic mass is 32.2. The van der Waals surface area contributed by atoms with Crippen LogP contribution in [0.2, 0.25) is 0 Å². The molecule has 0 N–H and O–H groups in total. The Kier molecular flexibility index (Phi) is 5.91. The number of para-hydroxylation sites is 1. The van der Waals surface area contributed by atoms with Crippen LogP contribution in [-0.4, -0.2) is 37.1 Å². The van der Waals surface area contributed by atoms with Gasteiger partial charge in [-0.2, -0.15) is 0 Å². The highest BCUT2D eigenvalue weighted by molar-refractivity contribution is 8.19. The summed E-state index contributed by atoms with van der Waals surface area (Å²) in [6.07, 6.45) is 0. The van der Waals surface area contributed by atoms with Gasteiger partial charge in [0.15, 0.2) is 5.17 Å². The van der Waals surface area contributed by atoms with Crippen molar-refractivity contribution in [2.24, 2.45) is 4.99 Å². The van der Waals surface area contributed by atoms with Gasteiger partial charge in [0.2, 0.25) is 0 Å². The first kappa shape index (κ1) is 21.7. The van der Waals surface area contributed by atoms with Crippen molar-refractivity contribution in [2.75, 3.05) is 30.9 Å². The van der Waals surface area contributed by atoms with Crippen LogP contribution >= 0.6 is 23.5 Å². The van der Waals surface area contributed by atoms with E-state index in [2.05, 4.69) is 21.9 Å². The van der Waals surface area contributed by atoms with Crippen molar-refractivity contribution in [1.29, 1.82) is 0 Å². The lowest BCUT2D eigenvalue weighted by atomic mass is 10.2. The van der Waals surface area contributed by atoms with Crippen LogP contribution in [0.25, 0.3) is 0 Å². The maximum atomic E-state index is 13.7. The fraction of sp³-hybridized carbons (Fsp3) is 0.154. The third-order valence-corrected chi connectivity index (χ3v) is 8.00. The number of amides is 1. The zero-order valence-corrected chi connectivity index (χ0v) is 20.4. The van der Waals surface area contributed by atoms with Crippen LogP contribution in [0.15, 0.2) is 98.7 Å². The van der Waals surface area contributed by atoms with Crippen molar-refractivity contribution in [2.45, 2.75) is 11.4 Å². The zero-order valence-electron chi connectivity index (χ0n) is 18.7. The van der Waals surface area contributed by atoms with Crippen LogP contribution in [-0.2, 0) is 11.3 Å². The Labute approximate surface area is 202 Å². The molecule has 7 heteroatoms. The lowest BCUT2D eigenvalue weighted by Gasteiger charge is -2.17. The summed E-state index contributed by atoms with van der Waals surface area (Å²) >= 11 is 3.10. The monoisotopic (exact) mass is 472 g/mol. The number of carbonyl (C=O) groups excluding carboxylic acids is 1. The van der Waals surface area contributed by atoms with E-state index in [0.717, 1.165) is 37.5 Å². The van der Waals surface area contributed by atoms with Gasteiger partial charge < -0.3 is 9.80 Å². The van der Waals surface area contributed by atoms with E-state index in [1.165, 1.54) is 11.8 Å². The molecule has 2 heterocycles. The van der Waals surface area contributed by atoms with Gasteiger partial charge in [-0.25, -0.2) is 4.99 Å². The quantitative estimate of drug-likeness (QED) is 0.440. The van der Waals surface area contributed by atoms with Crippen molar-refractivity contribution in [3.05, 3.63) is 94.4 Å². The summed E-state index contributed by atoms with van der Waals surface area (Å²) in [4.78, 5) is 26.4. The van der Waals surface area contributed by atoms with Crippen LogP contribution < -0.4 is 9.80 Å². The highest BCUT2D eigenvalue weighted by Gasteiger charge is 2.39. The second-order valence-corrected chi connectivity index (χ2v) is 10.1. The molecule has 3 aromatic carbocycles. The van der Waals surface area contributed by atoms with Crippen molar-refractivity contribution in [1.82, 2.24) is 4.90 Å². The Balaban J connectivity index is 1.53. The number of hydrogen-bond donors (Lipinski definition) is 0. The largest absolute Gasteiger partial charge is 0.378 e. The fourth-order valence-corrected chi connectivity index (χ4v) is 6.10. The lowest BCUT2D eigenvalue weighted by Crippen LogP contribution is -2.29. The summed E-state index contributed by atoms with van der Waals surface area (Å²) in [5, 5.41) is 1.66. The van der Waals surface area contributed by atoms with Crippen molar-refractivity contribution in [3.8, 4) is 0 Å². The van der Waals surface area contributed by atoms with Gasteiger partial charge in [0.05, 0.1) is 22.9 Å². The number of benzene rings is 3. The summed E-state index contributed by atoms with van der Waals surface area (Å²) in [7, 11) is 6.05. The van der Waals surface area contributed by atoms with Crippen molar-refractivity contribution >= 4 is 51.7 Å². The smallest absolute Gasteiger partial charge is 0.269 e. The molecule has 33 heavy (non-hydrogen) atoms. The summed E-state index contributed by atoms with van der Waals surface area (Å²) in [5.41, 5.74) is 4.14. The molecule has 5 rings (SSSR count). The number of amidine groups is 1. The van der Waals surface area contributed by atoms with Gasteiger partial charge in [-0.3, -0.25) is 9.69 Å². The van der Waals surface area contributed by atoms with Gasteiger partial charge >= 0.3 is 0 Å². The highest BCUT2D eigenvalue weighted by Crippen LogP contribution is 2.50. The van der Waals surface area contributed by atoms with E-state index in [1.807, 2.05) is 87.9 Å². The minimum Gasteiger partial charge on any atom is -0.378 e. The normalized spacial score (nSPS) is 18.9. The first-order valence-electron chi connectivity index (χ1n) is 10.7. The molecule has 1 saturated heterocycles. The van der Waals surface area contributed by atoms with Crippen LogP contribution in [0.4, 0.5) is 17.1 Å². The van der Waals surface area contributed by atoms with Gasteiger partial charge in [0, 0.05) is 31.7 Å². The first-order chi connectivity index (χ1) is 16.0. The molecule has 1 amide bonds. The molecule has 0 radical (unpaired) electrons. The van der Waals surface area contributed by atoms with E-state index >= 15 is 0 Å². The van der Waals surface area contributed by atoms with Crippen molar-refractivity contribution in [3.63, 3.8) is 0 Å². The third kappa shape index (κ3) is 4.26. The van der Waals surface area contributed by atoms with Gasteiger partial charge in [-0.05, 0) is 53.7 Å². The Morgan fingerprint density at radius 3 is 2.27 bits per heavy atom. The lowest BCUT2D eigenvalue weighted by molar-refractivity contribution is -0.122. The Hall–Kier alpha value is -3.16. The number of carbonyl (C=O) groups is 1. The number of hydrogen-bond acceptors (Lipinski definition) is 6. The second kappa shape index (κ2) is 9.00. The predicted octanol–water partition coefficient (Wildman–Crippen LogP) is 5.93. The number of fused-ring (bicyclic) bond motifs is 1. The standard InChI is InChI=1S/C26H24N4OS2/c1-28(2)20-15-13-19(14-16-20)27-26-30(17-18-9-5-4-6-10-18)24(31)23(33-26)25-29(3)21-11-7-8-12-22(21)32-25/h4-16H,17H2,1-3H3/b25-23-,27-26+. The minimum absolute atomic E-state index is 0.00493. The van der Waals surface area contributed by atoms with E-state index in [1.54, 1.807) is 16.7 Å². The first-order valence-corrected chi connectivity index (χ1v) is 12.3. The van der Waals surface area contributed by atoms with Crippen molar-refractivity contribution < 1.29 is 4.79 Å². The van der Waals surface area contributed by atoms with E-state index in [0.29, 0.717) is 11.7 Å². The molecule has 5 nitrogen and oxygen atoms in total. The molecule has 0 bridgehead atoms. The number of thioether (sulfide) groups is 2. The maximum Gasteiger partial charge on any atom is 0.269 e. The van der Waals surface area contributed by atoms with Crippen LogP contribution in [0.3, 0.4) is 0 Å². The van der Waals surface area contributed by atoms with Crippen LogP contribution in [0.5, 0.6) is 0 Å². The van der Waals surface area contributed by atoms with Crippen LogP contribution in [0, 0.1) is 0 Å². The molecule has 2 aliphatic heterocycles. The molecule has 0 aliphatic carbocycles. The molecule has 3 aromatic rings. The predicted molar refractivity (Wildman–Crippen MR) is 140 cm³/mol. The molecule has 2 aliphatic rings. The SMILES string of the molecule is CN(C)c1ccc(/N=C2/S/C(=C3\Sc4ccccc4N3C)C(=O)N2Cc2ccccc2)cc1. The molecular formula is C26H24N4OS2. The maximum absolute atomic E-state index is 13.7. The molecule has 166 valence electrons. The molecule has 0 aromatic heterocycles. The van der Waals surface area contributed by atoms with Gasteiger partial charge in [-0.1, -0.05) is 54.2 Å². The van der Waals surface area contributed by atoms with E-state index in [-0.39, 0.29) is 5.91 Å². The minimum atomic E-state index is -0.00493. The summed E-state index contributed by atoms with van der Waals surface area (Å²) in [6.45, 7) is 0.486. The number of rotatable bonds is 4. The van der Waals surface area contributed by atoms with E-state index in [9.17, 15) is 4.79 Å². The number of nitrogens with zero attached hydrogens (tertiary/aromatic N) is 4. The van der Waals surface area contributed by atoms with E-state index in [4.69, 9.17) is 4.99 Å². The fourth-order valence-electron chi connectivity index (χ4n) is 3.76. The molecule has 1 fully saturated rings. The van der Waals surface area contributed by atoms with Gasteiger partial charge in [0.25, 0.3) is 5.91 Å². The molecule has 0 spiro atoms. The molecule has 0 saturated carbocycles. The Morgan fingerprint density at radius 1 is 0.879 bits per heavy atom. The summed E-state index contributed by atoms with van der Waals surface area (Å²) in [5.74, 6) is -0.00493. The van der Waals surface area contributed by atoms with Gasteiger partial charge in [0.1, 0.15) is 4.91 Å². The molecule has 0 unspecified atom stereocenters. The van der Waals surface area contributed by atoms with E-state index < -0.39 is 0 Å². The summed E-state index contributed by atoms with van der Waals surface area (Å²) < 4.78 is 0. The Morgan fingerprint density at radius 2 is 1.58 bits per heavy atom. The topological polar surface area (TPSA) is 39.1 Å². The summed E-state index contributed by atoms with van der Waals surface area (Å²) in [6, 6.07) is 26.4. The molecule has 0 atom stereocenters. The molecular weight excluding hydrogens is 448 g/mol. The number of anilines is 2. The second-order valence-electron chi connectivity index (χ2n) is 8.05.